The van der Waals surface area contributed by atoms with Crippen LogP contribution >= 0.6 is 0 Å². The SMILES string of the molecule is COC(=O)c1cccc(Nc2c(-c3ccco3)nc3ccccn23)c1. The second-order valence-corrected chi connectivity index (χ2v) is 5.41. The lowest BCUT2D eigenvalue weighted by molar-refractivity contribution is 0.0601. The number of carbonyl (C=O) groups is 1. The van der Waals surface area contributed by atoms with Gasteiger partial charge in [0.15, 0.2) is 5.76 Å². The van der Waals surface area contributed by atoms with E-state index in [9.17, 15) is 4.79 Å². The molecular weight excluding hydrogens is 318 g/mol. The van der Waals surface area contributed by atoms with Crippen LogP contribution in [0, 0.1) is 0 Å². The Morgan fingerprint density at radius 1 is 1.16 bits per heavy atom. The molecule has 6 heteroatoms. The molecule has 0 radical (unpaired) electrons. The van der Waals surface area contributed by atoms with E-state index in [0.29, 0.717) is 17.0 Å². The molecule has 0 saturated carbocycles. The normalized spacial score (nSPS) is 10.8. The highest BCUT2D eigenvalue weighted by Gasteiger charge is 2.16. The molecule has 0 spiro atoms. The molecular formula is C19H15N3O3. The predicted octanol–water partition coefficient (Wildman–Crippen LogP) is 4.12. The van der Waals surface area contributed by atoms with Gasteiger partial charge in [0.1, 0.15) is 17.2 Å². The number of fused-ring (bicyclic) bond motifs is 1. The van der Waals surface area contributed by atoms with E-state index in [1.54, 1.807) is 24.5 Å². The molecule has 3 heterocycles. The fourth-order valence-electron chi connectivity index (χ4n) is 2.68. The largest absolute Gasteiger partial charge is 0.465 e. The Bertz CT molecular complexity index is 1040. The maximum atomic E-state index is 11.8. The molecule has 0 aliphatic rings. The van der Waals surface area contributed by atoms with Gasteiger partial charge in [-0.05, 0) is 42.5 Å². The fraction of sp³-hybridized carbons (Fsp3) is 0.0526. The first-order chi connectivity index (χ1) is 12.3. The predicted molar refractivity (Wildman–Crippen MR) is 94.0 cm³/mol. The minimum absolute atomic E-state index is 0.381. The number of ether oxygens (including phenoxy) is 1. The van der Waals surface area contributed by atoms with Gasteiger partial charge in [0.2, 0.25) is 0 Å². The van der Waals surface area contributed by atoms with E-state index in [-0.39, 0.29) is 5.97 Å². The third-order valence-electron chi connectivity index (χ3n) is 3.83. The van der Waals surface area contributed by atoms with Gasteiger partial charge in [0.25, 0.3) is 0 Å². The molecule has 124 valence electrons. The van der Waals surface area contributed by atoms with Crippen LogP contribution < -0.4 is 5.32 Å². The van der Waals surface area contributed by atoms with Gasteiger partial charge in [-0.2, -0.15) is 0 Å². The average Bonchev–Trinajstić information content (AvgIpc) is 3.29. The Balaban J connectivity index is 1.81. The minimum Gasteiger partial charge on any atom is -0.465 e. The molecule has 0 saturated heterocycles. The maximum Gasteiger partial charge on any atom is 0.337 e. The number of carbonyl (C=O) groups excluding carboxylic acids is 1. The lowest BCUT2D eigenvalue weighted by atomic mass is 10.2. The lowest BCUT2D eigenvalue weighted by Crippen LogP contribution is -2.02. The summed E-state index contributed by atoms with van der Waals surface area (Å²) in [6.45, 7) is 0. The smallest absolute Gasteiger partial charge is 0.337 e. The number of hydrogen-bond donors (Lipinski definition) is 1. The molecule has 4 aromatic rings. The summed E-state index contributed by atoms with van der Waals surface area (Å²) in [4.78, 5) is 16.4. The van der Waals surface area contributed by atoms with Crippen molar-refractivity contribution in [3.8, 4) is 11.5 Å². The molecule has 4 rings (SSSR count). The van der Waals surface area contributed by atoms with Crippen LogP contribution in [0.15, 0.2) is 71.5 Å². The summed E-state index contributed by atoms with van der Waals surface area (Å²) >= 11 is 0. The second kappa shape index (κ2) is 6.16. The van der Waals surface area contributed by atoms with E-state index in [0.717, 1.165) is 17.2 Å². The zero-order valence-electron chi connectivity index (χ0n) is 13.5. The van der Waals surface area contributed by atoms with Crippen molar-refractivity contribution < 1.29 is 13.9 Å². The van der Waals surface area contributed by atoms with Crippen molar-refractivity contribution in [1.82, 2.24) is 9.38 Å². The molecule has 0 unspecified atom stereocenters. The van der Waals surface area contributed by atoms with Crippen molar-refractivity contribution in [2.45, 2.75) is 0 Å². The molecule has 1 N–H and O–H groups in total. The van der Waals surface area contributed by atoms with E-state index >= 15 is 0 Å². The summed E-state index contributed by atoms with van der Waals surface area (Å²) in [5.41, 5.74) is 2.71. The van der Waals surface area contributed by atoms with Crippen LogP contribution in [0.4, 0.5) is 11.5 Å². The summed E-state index contributed by atoms with van der Waals surface area (Å²) < 4.78 is 12.2. The Morgan fingerprint density at radius 2 is 2.08 bits per heavy atom. The Morgan fingerprint density at radius 3 is 2.88 bits per heavy atom. The summed E-state index contributed by atoms with van der Waals surface area (Å²) in [5, 5.41) is 3.34. The summed E-state index contributed by atoms with van der Waals surface area (Å²) in [5.74, 6) is 1.04. The van der Waals surface area contributed by atoms with Crippen LogP contribution in [0.3, 0.4) is 0 Å². The summed E-state index contributed by atoms with van der Waals surface area (Å²) in [7, 11) is 1.36. The Hall–Kier alpha value is -3.54. The van der Waals surface area contributed by atoms with Crippen molar-refractivity contribution in [2.24, 2.45) is 0 Å². The van der Waals surface area contributed by atoms with E-state index in [2.05, 4.69) is 10.3 Å². The van der Waals surface area contributed by atoms with Crippen molar-refractivity contribution >= 4 is 23.1 Å². The number of aromatic nitrogens is 2. The molecule has 0 aliphatic heterocycles. The number of nitrogens with zero attached hydrogens (tertiary/aromatic N) is 2. The maximum absolute atomic E-state index is 11.8. The number of benzene rings is 1. The number of imidazole rings is 1. The van der Waals surface area contributed by atoms with Gasteiger partial charge in [-0.1, -0.05) is 12.1 Å². The van der Waals surface area contributed by atoms with Crippen LogP contribution in [0.2, 0.25) is 0 Å². The first-order valence-electron chi connectivity index (χ1n) is 7.72. The van der Waals surface area contributed by atoms with Gasteiger partial charge in [0, 0.05) is 11.9 Å². The van der Waals surface area contributed by atoms with Gasteiger partial charge >= 0.3 is 5.97 Å². The first-order valence-corrected chi connectivity index (χ1v) is 7.72. The molecule has 0 aliphatic carbocycles. The average molecular weight is 333 g/mol. The zero-order valence-corrected chi connectivity index (χ0v) is 13.5. The highest BCUT2D eigenvalue weighted by atomic mass is 16.5. The van der Waals surface area contributed by atoms with Gasteiger partial charge in [-0.3, -0.25) is 4.40 Å². The fourth-order valence-corrected chi connectivity index (χ4v) is 2.68. The number of methoxy groups -OCH3 is 1. The van der Waals surface area contributed by atoms with Crippen LogP contribution in [0.5, 0.6) is 0 Å². The monoisotopic (exact) mass is 333 g/mol. The van der Waals surface area contributed by atoms with Crippen molar-refractivity contribution in [1.29, 1.82) is 0 Å². The highest BCUT2D eigenvalue weighted by molar-refractivity contribution is 5.91. The molecule has 0 bridgehead atoms. The second-order valence-electron chi connectivity index (χ2n) is 5.41. The number of anilines is 2. The molecule has 25 heavy (non-hydrogen) atoms. The quantitative estimate of drug-likeness (QED) is 0.569. The van der Waals surface area contributed by atoms with Gasteiger partial charge in [-0.25, -0.2) is 9.78 Å². The third-order valence-corrected chi connectivity index (χ3v) is 3.83. The number of nitrogens with one attached hydrogen (secondary N) is 1. The van der Waals surface area contributed by atoms with Crippen molar-refractivity contribution in [2.75, 3.05) is 12.4 Å². The third kappa shape index (κ3) is 2.74. The van der Waals surface area contributed by atoms with Crippen LogP contribution in [-0.2, 0) is 4.74 Å². The summed E-state index contributed by atoms with van der Waals surface area (Å²) in [6.07, 6.45) is 3.53. The van der Waals surface area contributed by atoms with Gasteiger partial charge in [0.05, 0.1) is 18.9 Å². The van der Waals surface area contributed by atoms with Crippen molar-refractivity contribution in [3.63, 3.8) is 0 Å². The minimum atomic E-state index is -0.381. The molecule has 0 amide bonds. The number of esters is 1. The molecule has 3 aromatic heterocycles. The molecule has 0 atom stereocenters. The lowest BCUT2D eigenvalue weighted by Gasteiger charge is -2.09. The molecule has 0 fully saturated rings. The van der Waals surface area contributed by atoms with Gasteiger partial charge in [-0.15, -0.1) is 0 Å². The molecule has 1 aromatic carbocycles. The van der Waals surface area contributed by atoms with Crippen LogP contribution in [0.1, 0.15) is 10.4 Å². The summed E-state index contributed by atoms with van der Waals surface area (Å²) in [6, 6.07) is 16.6. The number of hydrogen-bond acceptors (Lipinski definition) is 5. The van der Waals surface area contributed by atoms with Gasteiger partial charge < -0.3 is 14.5 Å². The highest BCUT2D eigenvalue weighted by Crippen LogP contribution is 2.31. The number of pyridine rings is 1. The van der Waals surface area contributed by atoms with Crippen LogP contribution in [-0.4, -0.2) is 22.5 Å². The van der Waals surface area contributed by atoms with Crippen LogP contribution in [0.25, 0.3) is 17.1 Å². The molecule has 6 nitrogen and oxygen atoms in total. The zero-order chi connectivity index (χ0) is 17.2. The first kappa shape index (κ1) is 15.0. The van der Waals surface area contributed by atoms with E-state index in [1.165, 1.54) is 7.11 Å². The number of furan rings is 1. The topological polar surface area (TPSA) is 68.8 Å². The Kier molecular flexibility index (Phi) is 3.70. The Labute approximate surface area is 143 Å². The number of rotatable bonds is 4. The van der Waals surface area contributed by atoms with E-state index < -0.39 is 0 Å². The standard InChI is InChI=1S/C19H15N3O3/c1-24-19(23)13-6-4-7-14(12-13)20-18-17(15-8-5-11-25-15)21-16-9-2-3-10-22(16)18/h2-12,20H,1H3. The van der Waals surface area contributed by atoms with E-state index in [1.807, 2.05) is 47.0 Å². The van der Waals surface area contributed by atoms with Crippen molar-refractivity contribution in [3.05, 3.63) is 72.6 Å². The van der Waals surface area contributed by atoms with E-state index in [4.69, 9.17) is 9.15 Å².